The molecular weight excluding hydrogens is 368 g/mol. The van der Waals surface area contributed by atoms with Gasteiger partial charge in [-0.05, 0) is 53.4 Å². The topological polar surface area (TPSA) is 51.2 Å². The molecule has 0 saturated heterocycles. The lowest BCUT2D eigenvalue weighted by molar-refractivity contribution is -0.116. The molecule has 0 fully saturated rings. The summed E-state index contributed by atoms with van der Waals surface area (Å²) in [5, 5.41) is 5.90. The summed E-state index contributed by atoms with van der Waals surface area (Å²) in [5.41, 5.74) is 2.21. The summed E-state index contributed by atoms with van der Waals surface area (Å²) >= 11 is 1.52. The Morgan fingerprint density at radius 1 is 1.07 bits per heavy atom. The van der Waals surface area contributed by atoms with Crippen molar-refractivity contribution < 1.29 is 9.53 Å². The second-order valence-corrected chi connectivity index (χ2v) is 7.71. The first-order valence-electron chi connectivity index (χ1n) is 9.52. The van der Waals surface area contributed by atoms with Crippen molar-refractivity contribution in [1.82, 2.24) is 4.98 Å². The molecule has 28 heavy (non-hydrogen) atoms. The first-order valence-corrected chi connectivity index (χ1v) is 10.3. The standard InChI is InChI=1S/C23H22N2O2S/c1-2-16-9-12-20-21(14-16)28-23(24-20)25-22(26)8-5-13-27-19-11-10-17-6-3-4-7-18(17)15-19/h3-4,6-7,9-12,14-15H,2,5,8,13H2,1H3,(H,24,25,26). The molecule has 0 saturated carbocycles. The number of aromatic nitrogens is 1. The Balaban J connectivity index is 1.27. The summed E-state index contributed by atoms with van der Waals surface area (Å²) in [5.74, 6) is 0.800. The molecule has 4 nitrogen and oxygen atoms in total. The smallest absolute Gasteiger partial charge is 0.226 e. The first kappa shape index (κ1) is 18.4. The van der Waals surface area contributed by atoms with E-state index in [0.717, 1.165) is 27.8 Å². The van der Waals surface area contributed by atoms with E-state index in [0.29, 0.717) is 24.6 Å². The molecule has 3 aromatic carbocycles. The molecule has 1 N–H and O–H groups in total. The minimum Gasteiger partial charge on any atom is -0.494 e. The highest BCUT2D eigenvalue weighted by Gasteiger charge is 2.08. The Morgan fingerprint density at radius 2 is 1.93 bits per heavy atom. The predicted molar refractivity (Wildman–Crippen MR) is 116 cm³/mol. The van der Waals surface area contributed by atoms with Crippen LogP contribution in [0.1, 0.15) is 25.3 Å². The van der Waals surface area contributed by atoms with Gasteiger partial charge in [0.25, 0.3) is 0 Å². The lowest BCUT2D eigenvalue weighted by Crippen LogP contribution is -2.12. The molecule has 0 aliphatic rings. The zero-order valence-corrected chi connectivity index (χ0v) is 16.6. The van der Waals surface area contributed by atoms with E-state index in [1.165, 1.54) is 22.3 Å². The maximum absolute atomic E-state index is 12.2. The molecule has 1 amide bonds. The molecule has 0 aliphatic heterocycles. The first-order chi connectivity index (χ1) is 13.7. The number of carbonyl (C=O) groups is 1. The van der Waals surface area contributed by atoms with Gasteiger partial charge in [-0.25, -0.2) is 4.98 Å². The number of anilines is 1. The van der Waals surface area contributed by atoms with Crippen molar-refractivity contribution in [2.45, 2.75) is 26.2 Å². The van der Waals surface area contributed by atoms with Crippen molar-refractivity contribution in [3.8, 4) is 5.75 Å². The van der Waals surface area contributed by atoms with Gasteiger partial charge in [-0.1, -0.05) is 54.7 Å². The summed E-state index contributed by atoms with van der Waals surface area (Å²) in [4.78, 5) is 16.7. The van der Waals surface area contributed by atoms with Gasteiger partial charge >= 0.3 is 0 Å². The molecule has 0 atom stereocenters. The molecule has 1 heterocycles. The van der Waals surface area contributed by atoms with E-state index in [4.69, 9.17) is 4.74 Å². The van der Waals surface area contributed by atoms with Gasteiger partial charge < -0.3 is 10.1 Å². The van der Waals surface area contributed by atoms with Crippen molar-refractivity contribution in [1.29, 1.82) is 0 Å². The van der Waals surface area contributed by atoms with E-state index in [9.17, 15) is 4.79 Å². The fraction of sp³-hybridized carbons (Fsp3) is 0.217. The Labute approximate surface area is 168 Å². The number of benzene rings is 3. The number of amides is 1. The van der Waals surface area contributed by atoms with Crippen LogP contribution in [0.25, 0.3) is 21.0 Å². The zero-order valence-electron chi connectivity index (χ0n) is 15.8. The van der Waals surface area contributed by atoms with Crippen LogP contribution in [-0.2, 0) is 11.2 Å². The monoisotopic (exact) mass is 390 g/mol. The summed E-state index contributed by atoms with van der Waals surface area (Å²) < 4.78 is 6.90. The lowest BCUT2D eigenvalue weighted by atomic mass is 10.1. The van der Waals surface area contributed by atoms with Gasteiger partial charge in [0.15, 0.2) is 5.13 Å². The average molecular weight is 391 g/mol. The minimum atomic E-state index is -0.0307. The van der Waals surface area contributed by atoms with E-state index in [1.54, 1.807) is 0 Å². The number of ether oxygens (including phenoxy) is 1. The molecule has 4 rings (SSSR count). The largest absolute Gasteiger partial charge is 0.494 e. The van der Waals surface area contributed by atoms with Gasteiger partial charge in [0.1, 0.15) is 5.75 Å². The third-order valence-electron chi connectivity index (χ3n) is 4.65. The van der Waals surface area contributed by atoms with Gasteiger partial charge in [0, 0.05) is 6.42 Å². The van der Waals surface area contributed by atoms with Crippen LogP contribution in [-0.4, -0.2) is 17.5 Å². The molecule has 0 unspecified atom stereocenters. The fourth-order valence-corrected chi connectivity index (χ4v) is 4.05. The molecule has 0 aliphatic carbocycles. The average Bonchev–Trinajstić information content (AvgIpc) is 3.12. The second-order valence-electron chi connectivity index (χ2n) is 6.68. The Bertz CT molecular complexity index is 1120. The minimum absolute atomic E-state index is 0.0307. The fourth-order valence-electron chi connectivity index (χ4n) is 3.10. The Morgan fingerprint density at radius 3 is 2.79 bits per heavy atom. The number of thiazole rings is 1. The summed E-state index contributed by atoms with van der Waals surface area (Å²) in [6.45, 7) is 2.64. The molecule has 0 radical (unpaired) electrons. The summed E-state index contributed by atoms with van der Waals surface area (Å²) in [6.07, 6.45) is 2.06. The van der Waals surface area contributed by atoms with Crippen LogP contribution in [0.4, 0.5) is 5.13 Å². The molecule has 1 aromatic heterocycles. The van der Waals surface area contributed by atoms with Gasteiger partial charge in [-0.15, -0.1) is 0 Å². The maximum Gasteiger partial charge on any atom is 0.226 e. The second kappa shape index (κ2) is 8.40. The molecule has 0 spiro atoms. The van der Waals surface area contributed by atoms with Crippen LogP contribution in [0.15, 0.2) is 60.7 Å². The van der Waals surface area contributed by atoms with Gasteiger partial charge in [0.05, 0.1) is 16.8 Å². The van der Waals surface area contributed by atoms with Crippen LogP contribution >= 0.6 is 11.3 Å². The number of rotatable bonds is 7. The number of hydrogen-bond donors (Lipinski definition) is 1. The van der Waals surface area contributed by atoms with Crippen LogP contribution in [0.3, 0.4) is 0 Å². The van der Waals surface area contributed by atoms with Crippen molar-refractivity contribution >= 4 is 43.4 Å². The van der Waals surface area contributed by atoms with Crippen molar-refractivity contribution in [3.63, 3.8) is 0 Å². The number of fused-ring (bicyclic) bond motifs is 2. The number of aryl methyl sites for hydroxylation is 1. The van der Waals surface area contributed by atoms with E-state index in [1.807, 2.05) is 30.3 Å². The maximum atomic E-state index is 12.2. The van der Waals surface area contributed by atoms with Crippen molar-refractivity contribution in [2.24, 2.45) is 0 Å². The van der Waals surface area contributed by atoms with E-state index >= 15 is 0 Å². The summed E-state index contributed by atoms with van der Waals surface area (Å²) in [6, 6.07) is 20.5. The lowest BCUT2D eigenvalue weighted by Gasteiger charge is -2.07. The van der Waals surface area contributed by atoms with Crippen LogP contribution in [0.5, 0.6) is 5.75 Å². The molecule has 5 heteroatoms. The third kappa shape index (κ3) is 4.31. The Kier molecular flexibility index (Phi) is 5.53. The number of nitrogens with one attached hydrogen (secondary N) is 1. The molecular formula is C23H22N2O2S. The molecule has 4 aromatic rings. The van der Waals surface area contributed by atoms with Gasteiger partial charge in [-0.2, -0.15) is 0 Å². The quantitative estimate of drug-likeness (QED) is 0.405. The van der Waals surface area contributed by atoms with Crippen LogP contribution < -0.4 is 10.1 Å². The van der Waals surface area contributed by atoms with E-state index in [2.05, 4.69) is 47.6 Å². The third-order valence-corrected chi connectivity index (χ3v) is 5.58. The van der Waals surface area contributed by atoms with Gasteiger partial charge in [0.2, 0.25) is 5.91 Å². The number of hydrogen-bond acceptors (Lipinski definition) is 4. The van der Waals surface area contributed by atoms with Crippen molar-refractivity contribution in [2.75, 3.05) is 11.9 Å². The SMILES string of the molecule is CCc1ccc2nc(NC(=O)CCCOc3ccc4ccccc4c3)sc2c1. The Hall–Kier alpha value is -2.92. The van der Waals surface area contributed by atoms with Gasteiger partial charge in [-0.3, -0.25) is 4.79 Å². The van der Waals surface area contributed by atoms with E-state index in [-0.39, 0.29) is 5.91 Å². The predicted octanol–water partition coefficient (Wildman–Crippen LogP) is 5.81. The normalized spacial score (nSPS) is 11.0. The van der Waals surface area contributed by atoms with Crippen LogP contribution in [0, 0.1) is 0 Å². The molecule has 0 bridgehead atoms. The highest BCUT2D eigenvalue weighted by atomic mass is 32.1. The number of carbonyl (C=O) groups excluding carboxylic acids is 1. The zero-order chi connectivity index (χ0) is 19.3. The van der Waals surface area contributed by atoms with Crippen LogP contribution in [0.2, 0.25) is 0 Å². The highest BCUT2D eigenvalue weighted by molar-refractivity contribution is 7.22. The highest BCUT2D eigenvalue weighted by Crippen LogP contribution is 2.27. The molecule has 142 valence electrons. The van der Waals surface area contributed by atoms with Crippen molar-refractivity contribution in [3.05, 3.63) is 66.2 Å². The van der Waals surface area contributed by atoms with E-state index < -0.39 is 0 Å². The number of nitrogens with zero attached hydrogens (tertiary/aromatic N) is 1. The summed E-state index contributed by atoms with van der Waals surface area (Å²) in [7, 11) is 0.